The highest BCUT2D eigenvalue weighted by atomic mass is 16.2. The molecule has 6 nitrogen and oxygen atoms in total. The highest BCUT2D eigenvalue weighted by molar-refractivity contribution is 5.95. The highest BCUT2D eigenvalue weighted by Crippen LogP contribution is 2.18. The predicted octanol–water partition coefficient (Wildman–Crippen LogP) is 1.36. The molecule has 0 aliphatic carbocycles. The molecule has 0 aliphatic heterocycles. The number of benzene rings is 2. The lowest BCUT2D eigenvalue weighted by Crippen LogP contribution is -2.37. The maximum Gasteiger partial charge on any atom is 0.241 e. The normalized spacial score (nSPS) is 10.8. The quantitative estimate of drug-likeness (QED) is 0.731. The van der Waals surface area contributed by atoms with Gasteiger partial charge in [-0.3, -0.25) is 14.4 Å². The molecule has 0 fully saturated rings. The summed E-state index contributed by atoms with van der Waals surface area (Å²) in [7, 11) is 3.27. The van der Waals surface area contributed by atoms with Crippen molar-refractivity contribution in [2.45, 2.75) is 6.54 Å². The summed E-state index contributed by atoms with van der Waals surface area (Å²) in [6.07, 6.45) is 0. The Morgan fingerprint density at radius 3 is 2.00 bits per heavy atom. The van der Waals surface area contributed by atoms with E-state index in [0.717, 1.165) is 0 Å². The van der Waals surface area contributed by atoms with Crippen molar-refractivity contribution in [3.05, 3.63) is 58.8 Å². The van der Waals surface area contributed by atoms with Gasteiger partial charge in [0, 0.05) is 24.9 Å². The molecule has 128 valence electrons. The third-order valence-corrected chi connectivity index (χ3v) is 4.12. The molecule has 0 spiro atoms. The molecule has 1 N–H and O–H groups in total. The average molecular weight is 337 g/mol. The Hall–Kier alpha value is -3.15. The number of nitrogens with zero attached hydrogens (tertiary/aromatic N) is 2. The Bertz CT molecular complexity index is 961. The minimum Gasteiger partial charge on any atom is -0.347 e. The van der Waals surface area contributed by atoms with E-state index in [0.29, 0.717) is 21.8 Å². The van der Waals surface area contributed by atoms with Crippen LogP contribution in [0.5, 0.6) is 0 Å². The number of rotatable bonds is 4. The maximum atomic E-state index is 12.7. The second kappa shape index (κ2) is 6.76. The van der Waals surface area contributed by atoms with Crippen LogP contribution < -0.4 is 10.7 Å². The largest absolute Gasteiger partial charge is 0.347 e. The molecule has 0 radical (unpaired) electrons. The van der Waals surface area contributed by atoms with Crippen LogP contribution in [0.1, 0.15) is 0 Å². The minimum atomic E-state index is -0.283. The van der Waals surface area contributed by atoms with Crippen molar-refractivity contribution >= 4 is 33.6 Å². The summed E-state index contributed by atoms with van der Waals surface area (Å²) < 4.78 is 1.81. The summed E-state index contributed by atoms with van der Waals surface area (Å²) in [5.41, 5.74) is 1.34. The second-order valence-corrected chi connectivity index (χ2v) is 6.01. The Labute approximate surface area is 144 Å². The van der Waals surface area contributed by atoms with Crippen LogP contribution in [0.2, 0.25) is 0 Å². The van der Waals surface area contributed by atoms with Gasteiger partial charge in [-0.2, -0.15) is 0 Å². The molecule has 25 heavy (non-hydrogen) atoms. The number of aromatic nitrogens is 1. The molecule has 1 heterocycles. The molecule has 0 saturated heterocycles. The third-order valence-electron chi connectivity index (χ3n) is 4.12. The lowest BCUT2D eigenvalue weighted by molar-refractivity contribution is -0.131. The van der Waals surface area contributed by atoms with Gasteiger partial charge < -0.3 is 14.8 Å². The Morgan fingerprint density at radius 1 is 0.960 bits per heavy atom. The van der Waals surface area contributed by atoms with E-state index >= 15 is 0 Å². The first kappa shape index (κ1) is 16.7. The Kier molecular flexibility index (Phi) is 4.52. The van der Waals surface area contributed by atoms with E-state index in [4.69, 9.17) is 0 Å². The number of fused-ring (bicyclic) bond motifs is 2. The standard InChI is InChI=1S/C19H19N3O3/c1-21(2)18(24)11-20-17(23)12-22-15-9-5-3-7-13(15)19(25)14-8-4-6-10-16(14)22/h3-10H,11-12H2,1-2H3,(H,20,23). The summed E-state index contributed by atoms with van der Waals surface area (Å²) in [5.74, 6) is -0.461. The highest BCUT2D eigenvalue weighted by Gasteiger charge is 2.13. The van der Waals surface area contributed by atoms with Gasteiger partial charge in [0.05, 0.1) is 17.6 Å². The molecule has 0 unspecified atom stereocenters. The average Bonchev–Trinajstić information content (AvgIpc) is 2.63. The van der Waals surface area contributed by atoms with Crippen molar-refractivity contribution in [2.24, 2.45) is 0 Å². The SMILES string of the molecule is CN(C)C(=O)CNC(=O)Cn1c2ccccc2c(=O)c2ccccc21. The molecule has 0 atom stereocenters. The maximum absolute atomic E-state index is 12.7. The molecule has 0 aliphatic rings. The van der Waals surface area contributed by atoms with Gasteiger partial charge in [-0.15, -0.1) is 0 Å². The van der Waals surface area contributed by atoms with Crippen molar-refractivity contribution in [2.75, 3.05) is 20.6 Å². The fraction of sp³-hybridized carbons (Fsp3) is 0.211. The van der Waals surface area contributed by atoms with Crippen LogP contribution in [0.4, 0.5) is 0 Å². The molecular weight excluding hydrogens is 318 g/mol. The predicted molar refractivity (Wildman–Crippen MR) is 97.4 cm³/mol. The van der Waals surface area contributed by atoms with Gasteiger partial charge in [-0.25, -0.2) is 0 Å². The number of pyridine rings is 1. The van der Waals surface area contributed by atoms with Crippen LogP contribution in [0.25, 0.3) is 21.8 Å². The summed E-state index contributed by atoms with van der Waals surface area (Å²) in [5, 5.41) is 3.76. The fourth-order valence-corrected chi connectivity index (χ4v) is 2.78. The van der Waals surface area contributed by atoms with E-state index in [9.17, 15) is 14.4 Å². The van der Waals surface area contributed by atoms with Crippen molar-refractivity contribution in [1.82, 2.24) is 14.8 Å². The van der Waals surface area contributed by atoms with Gasteiger partial charge in [0.15, 0.2) is 5.43 Å². The van der Waals surface area contributed by atoms with E-state index in [1.54, 1.807) is 38.4 Å². The summed E-state index contributed by atoms with van der Waals surface area (Å²) in [4.78, 5) is 38.0. The van der Waals surface area contributed by atoms with Crippen molar-refractivity contribution in [3.63, 3.8) is 0 Å². The van der Waals surface area contributed by atoms with E-state index in [1.165, 1.54) is 4.90 Å². The molecule has 0 saturated carbocycles. The number of nitrogens with one attached hydrogen (secondary N) is 1. The van der Waals surface area contributed by atoms with Crippen LogP contribution in [-0.2, 0) is 16.1 Å². The molecule has 3 rings (SSSR count). The Balaban J connectivity index is 2.02. The van der Waals surface area contributed by atoms with Crippen LogP contribution in [-0.4, -0.2) is 41.9 Å². The first-order chi connectivity index (χ1) is 12.0. The smallest absolute Gasteiger partial charge is 0.241 e. The molecule has 0 bridgehead atoms. The third kappa shape index (κ3) is 3.24. The number of para-hydroxylation sites is 2. The van der Waals surface area contributed by atoms with Crippen molar-refractivity contribution in [3.8, 4) is 0 Å². The van der Waals surface area contributed by atoms with Crippen LogP contribution in [0, 0.1) is 0 Å². The number of hydrogen-bond donors (Lipinski definition) is 1. The summed E-state index contributed by atoms with van der Waals surface area (Å²) in [6, 6.07) is 14.4. The number of amides is 2. The van der Waals surface area contributed by atoms with Gasteiger partial charge in [-0.1, -0.05) is 24.3 Å². The van der Waals surface area contributed by atoms with Gasteiger partial charge in [0.2, 0.25) is 11.8 Å². The van der Waals surface area contributed by atoms with E-state index in [2.05, 4.69) is 5.32 Å². The number of carbonyl (C=O) groups is 2. The topological polar surface area (TPSA) is 71.4 Å². The van der Waals surface area contributed by atoms with E-state index in [1.807, 2.05) is 28.8 Å². The molecule has 2 aromatic carbocycles. The van der Waals surface area contributed by atoms with Crippen LogP contribution in [0.3, 0.4) is 0 Å². The molecule has 6 heteroatoms. The minimum absolute atomic E-state index is 0.0298. The molecular formula is C19H19N3O3. The van der Waals surface area contributed by atoms with Crippen LogP contribution >= 0.6 is 0 Å². The number of hydrogen-bond acceptors (Lipinski definition) is 3. The zero-order chi connectivity index (χ0) is 18.0. The zero-order valence-corrected chi connectivity index (χ0v) is 14.2. The lowest BCUT2D eigenvalue weighted by atomic mass is 10.1. The summed E-state index contributed by atoms with van der Waals surface area (Å²) >= 11 is 0. The van der Waals surface area contributed by atoms with Gasteiger partial charge in [0.25, 0.3) is 0 Å². The monoisotopic (exact) mass is 337 g/mol. The second-order valence-electron chi connectivity index (χ2n) is 6.01. The molecule has 2 amide bonds. The van der Waals surface area contributed by atoms with Crippen molar-refractivity contribution in [1.29, 1.82) is 0 Å². The van der Waals surface area contributed by atoms with E-state index in [-0.39, 0.29) is 30.3 Å². The van der Waals surface area contributed by atoms with Crippen LogP contribution in [0.15, 0.2) is 53.3 Å². The van der Waals surface area contributed by atoms with E-state index < -0.39 is 0 Å². The lowest BCUT2D eigenvalue weighted by Gasteiger charge is -2.15. The first-order valence-corrected chi connectivity index (χ1v) is 7.96. The molecule has 1 aromatic heterocycles. The van der Waals surface area contributed by atoms with Crippen molar-refractivity contribution < 1.29 is 9.59 Å². The Morgan fingerprint density at radius 2 is 1.48 bits per heavy atom. The van der Waals surface area contributed by atoms with Gasteiger partial charge in [-0.05, 0) is 24.3 Å². The van der Waals surface area contributed by atoms with Gasteiger partial charge in [0.1, 0.15) is 6.54 Å². The van der Waals surface area contributed by atoms with Gasteiger partial charge >= 0.3 is 0 Å². The first-order valence-electron chi connectivity index (χ1n) is 7.96. The number of carbonyl (C=O) groups excluding carboxylic acids is 2. The zero-order valence-electron chi connectivity index (χ0n) is 14.2. The summed E-state index contributed by atoms with van der Waals surface area (Å²) in [6.45, 7) is -0.0239. The fourth-order valence-electron chi connectivity index (χ4n) is 2.78. The number of likely N-dealkylation sites (N-methyl/N-ethyl adjacent to an activating group) is 1. The molecule has 3 aromatic rings.